The molecule has 118 valence electrons. The van der Waals surface area contributed by atoms with Crippen molar-refractivity contribution in [3.8, 4) is 0 Å². The zero-order valence-electron chi connectivity index (χ0n) is 12.6. The zero-order chi connectivity index (χ0) is 15.0. The molecular formula is C14H23N3O3S. The highest BCUT2D eigenvalue weighted by molar-refractivity contribution is 7.89. The molecule has 2 aliphatic rings. The van der Waals surface area contributed by atoms with E-state index in [9.17, 15) is 8.42 Å². The molecule has 0 amide bonds. The molecule has 1 saturated heterocycles. The van der Waals surface area contributed by atoms with E-state index in [2.05, 4.69) is 10.5 Å². The Balaban J connectivity index is 1.62. The molecule has 0 bridgehead atoms. The summed E-state index contributed by atoms with van der Waals surface area (Å²) in [5, 5.41) is 7.29. The van der Waals surface area contributed by atoms with E-state index in [0.29, 0.717) is 36.5 Å². The Labute approximate surface area is 125 Å². The van der Waals surface area contributed by atoms with E-state index in [1.54, 1.807) is 18.2 Å². The van der Waals surface area contributed by atoms with Crippen LogP contribution in [0.4, 0.5) is 0 Å². The number of piperidine rings is 1. The molecule has 2 fully saturated rings. The number of rotatable bonds is 5. The average Bonchev–Trinajstić information content (AvgIpc) is 3.22. The normalized spacial score (nSPS) is 21.8. The summed E-state index contributed by atoms with van der Waals surface area (Å²) in [7, 11) is -3.47. The Morgan fingerprint density at radius 2 is 1.90 bits per heavy atom. The molecule has 1 aromatic rings. The highest BCUT2D eigenvalue weighted by Gasteiger charge is 2.34. The maximum atomic E-state index is 12.7. The molecule has 1 aliphatic carbocycles. The molecule has 1 N–H and O–H groups in total. The van der Waals surface area contributed by atoms with E-state index in [4.69, 9.17) is 4.52 Å². The molecule has 1 saturated carbocycles. The average molecular weight is 313 g/mol. The number of nitrogens with zero attached hydrogens (tertiary/aromatic N) is 2. The van der Waals surface area contributed by atoms with Crippen LogP contribution in [0, 0.1) is 19.8 Å². The maximum absolute atomic E-state index is 12.7. The third kappa shape index (κ3) is 3.14. The molecule has 3 rings (SSSR count). The fraction of sp³-hybridized carbons (Fsp3) is 0.786. The summed E-state index contributed by atoms with van der Waals surface area (Å²) >= 11 is 0. The van der Waals surface area contributed by atoms with Gasteiger partial charge < -0.3 is 9.84 Å². The number of sulfonamides is 1. The van der Waals surface area contributed by atoms with E-state index < -0.39 is 10.0 Å². The number of nitrogens with one attached hydrogen (secondary N) is 1. The SMILES string of the molecule is Cc1noc(C)c1S(=O)(=O)N1CCC(CNC2CC2)CC1. The molecule has 6 nitrogen and oxygen atoms in total. The lowest BCUT2D eigenvalue weighted by Gasteiger charge is -2.31. The number of hydrogen-bond donors (Lipinski definition) is 1. The van der Waals surface area contributed by atoms with Crippen LogP contribution in [0.1, 0.15) is 37.1 Å². The van der Waals surface area contributed by atoms with Gasteiger partial charge in [0.15, 0.2) is 5.76 Å². The minimum atomic E-state index is -3.47. The van der Waals surface area contributed by atoms with Gasteiger partial charge in [-0.05, 0) is 52.0 Å². The van der Waals surface area contributed by atoms with Crippen LogP contribution in [0.5, 0.6) is 0 Å². The largest absolute Gasteiger partial charge is 0.360 e. The lowest BCUT2D eigenvalue weighted by Crippen LogP contribution is -2.41. The van der Waals surface area contributed by atoms with E-state index >= 15 is 0 Å². The van der Waals surface area contributed by atoms with Gasteiger partial charge in [0.2, 0.25) is 10.0 Å². The van der Waals surface area contributed by atoms with E-state index in [-0.39, 0.29) is 4.90 Å². The number of aryl methyl sites for hydroxylation is 2. The predicted octanol–water partition coefficient (Wildman–Crippen LogP) is 1.44. The first-order valence-corrected chi connectivity index (χ1v) is 9.09. The van der Waals surface area contributed by atoms with Crippen molar-refractivity contribution < 1.29 is 12.9 Å². The Morgan fingerprint density at radius 3 is 2.43 bits per heavy atom. The summed E-state index contributed by atoms with van der Waals surface area (Å²) in [4.78, 5) is 0.247. The van der Waals surface area contributed by atoms with Gasteiger partial charge >= 0.3 is 0 Å². The van der Waals surface area contributed by atoms with Crippen molar-refractivity contribution in [2.24, 2.45) is 5.92 Å². The molecule has 2 heterocycles. The van der Waals surface area contributed by atoms with Gasteiger partial charge in [-0.15, -0.1) is 0 Å². The van der Waals surface area contributed by atoms with Crippen molar-refractivity contribution >= 4 is 10.0 Å². The summed E-state index contributed by atoms with van der Waals surface area (Å²) in [5.74, 6) is 0.965. The van der Waals surface area contributed by atoms with Crippen LogP contribution in [0.25, 0.3) is 0 Å². The van der Waals surface area contributed by atoms with Crippen LogP contribution in [0.2, 0.25) is 0 Å². The monoisotopic (exact) mass is 313 g/mol. The second kappa shape index (κ2) is 5.70. The lowest BCUT2D eigenvalue weighted by atomic mass is 9.98. The standard InChI is InChI=1S/C14H23N3O3S/c1-10-14(11(2)20-16-10)21(18,19)17-7-5-12(6-8-17)9-15-13-3-4-13/h12-13,15H,3-9H2,1-2H3. The minimum absolute atomic E-state index is 0.247. The van der Waals surface area contributed by atoms with Crippen LogP contribution in [0.3, 0.4) is 0 Å². The first kappa shape index (κ1) is 15.0. The zero-order valence-corrected chi connectivity index (χ0v) is 13.4. The first-order chi connectivity index (χ1) is 9.98. The maximum Gasteiger partial charge on any atom is 0.248 e. The summed E-state index contributed by atoms with van der Waals surface area (Å²) in [6.45, 7) is 5.52. The molecular weight excluding hydrogens is 290 g/mol. The Hall–Kier alpha value is -0.920. The van der Waals surface area contributed by atoms with Crippen LogP contribution in [-0.4, -0.2) is 43.6 Å². The fourth-order valence-corrected chi connectivity index (χ4v) is 4.71. The van der Waals surface area contributed by atoms with Gasteiger partial charge in [-0.25, -0.2) is 8.42 Å². The Bertz CT molecular complexity index is 579. The van der Waals surface area contributed by atoms with Crippen LogP contribution in [0.15, 0.2) is 9.42 Å². The van der Waals surface area contributed by atoms with Gasteiger partial charge in [-0.3, -0.25) is 0 Å². The summed E-state index contributed by atoms with van der Waals surface area (Å²) in [5.41, 5.74) is 0.449. The van der Waals surface area contributed by atoms with E-state index in [0.717, 1.165) is 19.4 Å². The molecule has 7 heteroatoms. The van der Waals surface area contributed by atoms with Crippen molar-refractivity contribution in [1.82, 2.24) is 14.8 Å². The van der Waals surface area contributed by atoms with Gasteiger partial charge in [-0.1, -0.05) is 5.16 Å². The van der Waals surface area contributed by atoms with Crippen molar-refractivity contribution in [3.63, 3.8) is 0 Å². The summed E-state index contributed by atoms with van der Waals surface area (Å²) in [6.07, 6.45) is 4.42. The van der Waals surface area contributed by atoms with Crippen LogP contribution >= 0.6 is 0 Å². The molecule has 1 aliphatic heterocycles. The van der Waals surface area contributed by atoms with Crippen LogP contribution < -0.4 is 5.32 Å². The smallest absolute Gasteiger partial charge is 0.248 e. The predicted molar refractivity (Wildman–Crippen MR) is 78.5 cm³/mol. The second-order valence-electron chi connectivity index (χ2n) is 6.18. The van der Waals surface area contributed by atoms with Crippen molar-refractivity contribution in [3.05, 3.63) is 11.5 Å². The highest BCUT2D eigenvalue weighted by atomic mass is 32.2. The van der Waals surface area contributed by atoms with Crippen LogP contribution in [-0.2, 0) is 10.0 Å². The quantitative estimate of drug-likeness (QED) is 0.890. The van der Waals surface area contributed by atoms with Gasteiger partial charge in [0, 0.05) is 19.1 Å². The lowest BCUT2D eigenvalue weighted by molar-refractivity contribution is 0.266. The molecule has 0 spiro atoms. The number of aromatic nitrogens is 1. The molecule has 0 unspecified atom stereocenters. The van der Waals surface area contributed by atoms with E-state index in [1.807, 2.05) is 0 Å². The third-order valence-corrected chi connectivity index (χ3v) is 6.56. The molecule has 0 atom stereocenters. The van der Waals surface area contributed by atoms with Crippen molar-refractivity contribution in [1.29, 1.82) is 0 Å². The van der Waals surface area contributed by atoms with Gasteiger partial charge in [-0.2, -0.15) is 4.31 Å². The Kier molecular flexibility index (Phi) is 4.07. The molecule has 0 aromatic carbocycles. The van der Waals surface area contributed by atoms with Gasteiger partial charge in [0.05, 0.1) is 0 Å². The topological polar surface area (TPSA) is 75.4 Å². The Morgan fingerprint density at radius 1 is 1.24 bits per heavy atom. The van der Waals surface area contributed by atoms with Crippen molar-refractivity contribution in [2.45, 2.75) is 50.5 Å². The van der Waals surface area contributed by atoms with Gasteiger partial charge in [0.1, 0.15) is 10.6 Å². The molecule has 0 radical (unpaired) electrons. The van der Waals surface area contributed by atoms with Crippen molar-refractivity contribution in [2.75, 3.05) is 19.6 Å². The number of hydrogen-bond acceptors (Lipinski definition) is 5. The second-order valence-corrected chi connectivity index (χ2v) is 8.06. The first-order valence-electron chi connectivity index (χ1n) is 7.65. The van der Waals surface area contributed by atoms with Gasteiger partial charge in [0.25, 0.3) is 0 Å². The summed E-state index contributed by atoms with van der Waals surface area (Å²) in [6, 6.07) is 0.717. The summed E-state index contributed by atoms with van der Waals surface area (Å²) < 4.78 is 31.9. The minimum Gasteiger partial charge on any atom is -0.360 e. The highest BCUT2D eigenvalue weighted by Crippen LogP contribution is 2.28. The third-order valence-electron chi connectivity index (χ3n) is 4.41. The molecule has 1 aromatic heterocycles. The van der Waals surface area contributed by atoms with E-state index in [1.165, 1.54) is 12.8 Å². The molecule has 21 heavy (non-hydrogen) atoms. The fourth-order valence-electron chi connectivity index (χ4n) is 2.95.